The first-order valence-corrected chi connectivity index (χ1v) is 6.28. The second-order valence-electron chi connectivity index (χ2n) is 4.71. The zero-order valence-corrected chi connectivity index (χ0v) is 9.87. The lowest BCUT2D eigenvalue weighted by Crippen LogP contribution is -2.41. The standard InChI is InChI=1S/C12H16ClN3/c13-10-7-15-3-1-9(10)12-5-8-6-14-4-2-11(8)16-12/h1,3,7-8,11-12,14,16H,2,4-6H2. The first-order valence-electron chi connectivity index (χ1n) is 5.91. The summed E-state index contributed by atoms with van der Waals surface area (Å²) in [6, 6.07) is 3.10. The lowest BCUT2D eigenvalue weighted by molar-refractivity contribution is 0.344. The summed E-state index contributed by atoms with van der Waals surface area (Å²) in [5.41, 5.74) is 1.20. The molecule has 86 valence electrons. The molecule has 1 aromatic heterocycles. The van der Waals surface area contributed by atoms with Gasteiger partial charge in [0.2, 0.25) is 0 Å². The third-order valence-corrected chi connectivity index (χ3v) is 4.06. The Morgan fingerprint density at radius 3 is 3.19 bits per heavy atom. The van der Waals surface area contributed by atoms with Gasteiger partial charge in [0.15, 0.2) is 0 Å². The maximum atomic E-state index is 6.18. The fourth-order valence-corrected chi connectivity index (χ4v) is 3.16. The van der Waals surface area contributed by atoms with Gasteiger partial charge >= 0.3 is 0 Å². The van der Waals surface area contributed by atoms with E-state index in [0.717, 1.165) is 24.0 Å². The zero-order chi connectivity index (χ0) is 11.0. The molecule has 0 aliphatic carbocycles. The van der Waals surface area contributed by atoms with Crippen molar-refractivity contribution in [1.82, 2.24) is 15.6 Å². The molecule has 0 bridgehead atoms. The molecular weight excluding hydrogens is 222 g/mol. The highest BCUT2D eigenvalue weighted by Gasteiger charge is 2.36. The Kier molecular flexibility index (Phi) is 2.84. The summed E-state index contributed by atoms with van der Waals surface area (Å²) in [6.07, 6.45) is 5.97. The SMILES string of the molecule is Clc1cnccc1C1CC2CNCCC2N1. The molecule has 0 aromatic carbocycles. The van der Waals surface area contributed by atoms with Gasteiger partial charge in [-0.1, -0.05) is 11.6 Å². The van der Waals surface area contributed by atoms with Crippen LogP contribution >= 0.6 is 11.6 Å². The van der Waals surface area contributed by atoms with Gasteiger partial charge in [0.1, 0.15) is 0 Å². The van der Waals surface area contributed by atoms with Crippen molar-refractivity contribution in [3.63, 3.8) is 0 Å². The molecule has 2 fully saturated rings. The minimum Gasteiger partial charge on any atom is -0.316 e. The summed E-state index contributed by atoms with van der Waals surface area (Å²) < 4.78 is 0. The second-order valence-corrected chi connectivity index (χ2v) is 5.12. The number of rotatable bonds is 1. The molecule has 0 radical (unpaired) electrons. The van der Waals surface area contributed by atoms with Gasteiger partial charge in [-0.2, -0.15) is 0 Å². The van der Waals surface area contributed by atoms with E-state index in [0.29, 0.717) is 12.1 Å². The van der Waals surface area contributed by atoms with Crippen LogP contribution in [-0.2, 0) is 0 Å². The second kappa shape index (κ2) is 4.32. The number of nitrogens with one attached hydrogen (secondary N) is 2. The molecule has 3 atom stereocenters. The predicted molar refractivity (Wildman–Crippen MR) is 64.5 cm³/mol. The van der Waals surface area contributed by atoms with Crippen LogP contribution in [0.2, 0.25) is 5.02 Å². The molecule has 0 amide bonds. The van der Waals surface area contributed by atoms with Crippen LogP contribution in [0.3, 0.4) is 0 Å². The highest BCUT2D eigenvalue weighted by molar-refractivity contribution is 6.31. The quantitative estimate of drug-likeness (QED) is 0.782. The van der Waals surface area contributed by atoms with Crippen LogP contribution in [0.4, 0.5) is 0 Å². The van der Waals surface area contributed by atoms with Crippen molar-refractivity contribution < 1.29 is 0 Å². The van der Waals surface area contributed by atoms with Crippen LogP contribution in [0, 0.1) is 5.92 Å². The molecule has 2 aliphatic rings. The van der Waals surface area contributed by atoms with Crippen molar-refractivity contribution in [1.29, 1.82) is 0 Å². The number of fused-ring (bicyclic) bond motifs is 1. The molecule has 2 N–H and O–H groups in total. The molecule has 1 aromatic rings. The van der Waals surface area contributed by atoms with Gasteiger partial charge in [-0.15, -0.1) is 0 Å². The normalized spacial score (nSPS) is 33.7. The number of nitrogens with zero attached hydrogens (tertiary/aromatic N) is 1. The van der Waals surface area contributed by atoms with E-state index < -0.39 is 0 Å². The van der Waals surface area contributed by atoms with E-state index in [1.807, 2.05) is 12.3 Å². The summed E-state index contributed by atoms with van der Waals surface area (Å²) >= 11 is 6.18. The third-order valence-electron chi connectivity index (χ3n) is 3.74. The van der Waals surface area contributed by atoms with Gasteiger partial charge in [-0.05, 0) is 43.5 Å². The van der Waals surface area contributed by atoms with Gasteiger partial charge < -0.3 is 10.6 Å². The van der Waals surface area contributed by atoms with Crippen LogP contribution in [0.5, 0.6) is 0 Å². The fraction of sp³-hybridized carbons (Fsp3) is 0.583. The predicted octanol–water partition coefficient (Wildman–Crippen LogP) is 1.75. The van der Waals surface area contributed by atoms with E-state index in [9.17, 15) is 0 Å². The Bertz CT molecular complexity index is 368. The Morgan fingerprint density at radius 2 is 2.38 bits per heavy atom. The molecule has 2 saturated heterocycles. The molecule has 0 spiro atoms. The summed E-state index contributed by atoms with van der Waals surface area (Å²) in [5.74, 6) is 0.753. The molecule has 2 aliphatic heterocycles. The Balaban J connectivity index is 1.80. The van der Waals surface area contributed by atoms with Crippen LogP contribution in [0.1, 0.15) is 24.4 Å². The minimum atomic E-state index is 0.408. The average Bonchev–Trinajstić information content (AvgIpc) is 2.73. The molecular formula is C12H16ClN3. The average molecular weight is 238 g/mol. The summed E-state index contributed by atoms with van der Waals surface area (Å²) in [6.45, 7) is 2.27. The summed E-state index contributed by atoms with van der Waals surface area (Å²) in [7, 11) is 0. The van der Waals surface area contributed by atoms with Crippen LogP contribution in [-0.4, -0.2) is 24.1 Å². The molecule has 3 heterocycles. The molecule has 3 rings (SSSR count). The number of pyridine rings is 1. The molecule has 3 nitrogen and oxygen atoms in total. The number of halogens is 1. The van der Waals surface area contributed by atoms with Crippen LogP contribution < -0.4 is 10.6 Å². The number of hydrogen-bond donors (Lipinski definition) is 2. The fourth-order valence-electron chi connectivity index (χ4n) is 2.90. The highest BCUT2D eigenvalue weighted by Crippen LogP contribution is 2.35. The van der Waals surface area contributed by atoms with Gasteiger partial charge in [-0.3, -0.25) is 4.98 Å². The topological polar surface area (TPSA) is 37.0 Å². The third kappa shape index (κ3) is 1.83. The number of piperidine rings is 1. The van der Waals surface area contributed by atoms with Crippen molar-refractivity contribution >= 4 is 11.6 Å². The summed E-state index contributed by atoms with van der Waals surface area (Å²) in [4.78, 5) is 4.03. The maximum Gasteiger partial charge on any atom is 0.0637 e. The first-order chi connectivity index (χ1) is 7.84. The monoisotopic (exact) mass is 237 g/mol. The molecule has 0 saturated carbocycles. The van der Waals surface area contributed by atoms with E-state index in [1.165, 1.54) is 18.4 Å². The van der Waals surface area contributed by atoms with E-state index in [1.54, 1.807) is 6.20 Å². The molecule has 3 unspecified atom stereocenters. The zero-order valence-electron chi connectivity index (χ0n) is 9.12. The Labute approximate surface area is 101 Å². The van der Waals surface area contributed by atoms with Crippen molar-refractivity contribution in [3.8, 4) is 0 Å². The highest BCUT2D eigenvalue weighted by atomic mass is 35.5. The minimum absolute atomic E-state index is 0.408. The Hall–Kier alpha value is -0.640. The van der Waals surface area contributed by atoms with E-state index >= 15 is 0 Å². The maximum absolute atomic E-state index is 6.18. The molecule has 4 heteroatoms. The Morgan fingerprint density at radius 1 is 1.44 bits per heavy atom. The van der Waals surface area contributed by atoms with Crippen molar-refractivity contribution in [2.45, 2.75) is 24.9 Å². The van der Waals surface area contributed by atoms with Gasteiger partial charge in [0.05, 0.1) is 5.02 Å². The lowest BCUT2D eigenvalue weighted by atomic mass is 9.93. The number of hydrogen-bond acceptors (Lipinski definition) is 3. The van der Waals surface area contributed by atoms with Crippen LogP contribution in [0.25, 0.3) is 0 Å². The van der Waals surface area contributed by atoms with Crippen molar-refractivity contribution in [3.05, 3.63) is 29.0 Å². The smallest absolute Gasteiger partial charge is 0.0637 e. The van der Waals surface area contributed by atoms with Crippen molar-refractivity contribution in [2.24, 2.45) is 5.92 Å². The first kappa shape index (κ1) is 10.5. The van der Waals surface area contributed by atoms with Crippen LogP contribution in [0.15, 0.2) is 18.5 Å². The lowest BCUT2D eigenvalue weighted by Gasteiger charge is -2.25. The van der Waals surface area contributed by atoms with E-state index in [4.69, 9.17) is 11.6 Å². The van der Waals surface area contributed by atoms with Gasteiger partial charge in [0, 0.05) is 24.5 Å². The summed E-state index contributed by atoms with van der Waals surface area (Å²) in [5, 5.41) is 7.94. The largest absolute Gasteiger partial charge is 0.316 e. The van der Waals surface area contributed by atoms with Gasteiger partial charge in [-0.25, -0.2) is 0 Å². The molecule has 16 heavy (non-hydrogen) atoms. The van der Waals surface area contributed by atoms with Gasteiger partial charge in [0.25, 0.3) is 0 Å². The number of aromatic nitrogens is 1. The van der Waals surface area contributed by atoms with E-state index in [-0.39, 0.29) is 0 Å². The van der Waals surface area contributed by atoms with Crippen molar-refractivity contribution in [2.75, 3.05) is 13.1 Å². The van der Waals surface area contributed by atoms with E-state index in [2.05, 4.69) is 15.6 Å².